The Kier molecular flexibility index (Phi) is 4.61. The van der Waals surface area contributed by atoms with Crippen molar-refractivity contribution in [2.45, 2.75) is 19.3 Å². The average molecular weight is 277 g/mol. The molecule has 0 saturated carbocycles. The Morgan fingerprint density at radius 3 is 2.90 bits per heavy atom. The van der Waals surface area contributed by atoms with Gasteiger partial charge in [0, 0.05) is 19.5 Å². The van der Waals surface area contributed by atoms with E-state index in [1.165, 1.54) is 0 Å². The lowest BCUT2D eigenvalue weighted by Gasteiger charge is -2.15. The number of carboxylic acid groups (broad SMARTS) is 1. The molecule has 1 atom stereocenters. The summed E-state index contributed by atoms with van der Waals surface area (Å²) in [5, 5.41) is 8.93. The molecular weight excluding hydrogens is 258 g/mol. The van der Waals surface area contributed by atoms with Gasteiger partial charge in [-0.15, -0.1) is 0 Å². The number of rotatable bonds is 5. The summed E-state index contributed by atoms with van der Waals surface area (Å²) in [4.78, 5) is 24.6. The molecule has 108 valence electrons. The summed E-state index contributed by atoms with van der Waals surface area (Å²) < 4.78 is 5.14. The topological polar surface area (TPSA) is 66.8 Å². The van der Waals surface area contributed by atoms with E-state index in [-0.39, 0.29) is 5.91 Å². The molecule has 1 fully saturated rings. The second-order valence-electron chi connectivity index (χ2n) is 5.02. The fourth-order valence-corrected chi connectivity index (χ4v) is 2.43. The molecular formula is C15H19NO4. The van der Waals surface area contributed by atoms with Crippen molar-refractivity contribution >= 4 is 11.9 Å². The van der Waals surface area contributed by atoms with Gasteiger partial charge in [0.1, 0.15) is 5.75 Å². The first-order valence-electron chi connectivity index (χ1n) is 6.73. The number of nitrogens with zero attached hydrogens (tertiary/aromatic N) is 1. The van der Waals surface area contributed by atoms with E-state index in [4.69, 9.17) is 9.84 Å². The van der Waals surface area contributed by atoms with Crippen LogP contribution in [-0.2, 0) is 16.0 Å². The Labute approximate surface area is 118 Å². The molecule has 1 heterocycles. The van der Waals surface area contributed by atoms with Crippen molar-refractivity contribution in [2.24, 2.45) is 5.92 Å². The fraction of sp³-hybridized carbons (Fsp3) is 0.467. The molecule has 0 unspecified atom stereocenters. The molecule has 1 aliphatic heterocycles. The van der Waals surface area contributed by atoms with Gasteiger partial charge in [-0.1, -0.05) is 12.1 Å². The quantitative estimate of drug-likeness (QED) is 0.887. The zero-order chi connectivity index (χ0) is 14.5. The number of carbonyl (C=O) groups excluding carboxylic acids is 1. The number of hydrogen-bond donors (Lipinski definition) is 1. The van der Waals surface area contributed by atoms with Crippen molar-refractivity contribution in [1.82, 2.24) is 4.90 Å². The number of benzene rings is 1. The first-order valence-corrected chi connectivity index (χ1v) is 6.73. The Morgan fingerprint density at radius 2 is 2.25 bits per heavy atom. The Morgan fingerprint density at radius 1 is 1.45 bits per heavy atom. The lowest BCUT2D eigenvalue weighted by molar-refractivity contribution is -0.141. The molecule has 5 heteroatoms. The molecule has 5 nitrogen and oxygen atoms in total. The number of aliphatic carboxylic acids is 1. The van der Waals surface area contributed by atoms with Gasteiger partial charge in [0.05, 0.1) is 13.0 Å². The first kappa shape index (κ1) is 14.4. The van der Waals surface area contributed by atoms with Gasteiger partial charge in [-0.25, -0.2) is 0 Å². The zero-order valence-electron chi connectivity index (χ0n) is 11.5. The van der Waals surface area contributed by atoms with Gasteiger partial charge in [-0.3, -0.25) is 9.59 Å². The maximum absolute atomic E-state index is 12.0. The van der Waals surface area contributed by atoms with Crippen molar-refractivity contribution in [1.29, 1.82) is 0 Å². The highest BCUT2D eigenvalue weighted by atomic mass is 16.5. The van der Waals surface area contributed by atoms with Crippen LogP contribution in [0.1, 0.15) is 18.4 Å². The van der Waals surface area contributed by atoms with Crippen LogP contribution in [0, 0.1) is 5.92 Å². The molecule has 1 saturated heterocycles. The van der Waals surface area contributed by atoms with E-state index in [2.05, 4.69) is 0 Å². The van der Waals surface area contributed by atoms with Crippen LogP contribution < -0.4 is 4.74 Å². The van der Waals surface area contributed by atoms with Crippen LogP contribution in [0.3, 0.4) is 0 Å². The number of carbonyl (C=O) groups is 2. The molecule has 1 aromatic carbocycles. The third-order valence-corrected chi connectivity index (χ3v) is 3.65. The SMILES string of the molecule is COc1cccc(CCC(=O)N2CC[C@@H](C(=O)O)C2)c1. The maximum Gasteiger partial charge on any atom is 0.308 e. The molecule has 1 aromatic rings. The van der Waals surface area contributed by atoms with Crippen molar-refractivity contribution < 1.29 is 19.4 Å². The summed E-state index contributed by atoms with van der Waals surface area (Å²) in [5.74, 6) is -0.414. The fourth-order valence-electron chi connectivity index (χ4n) is 2.43. The molecule has 0 aliphatic carbocycles. The van der Waals surface area contributed by atoms with Crippen molar-refractivity contribution in [3.05, 3.63) is 29.8 Å². The van der Waals surface area contributed by atoms with Gasteiger partial charge < -0.3 is 14.7 Å². The zero-order valence-corrected chi connectivity index (χ0v) is 11.5. The second-order valence-corrected chi connectivity index (χ2v) is 5.02. The average Bonchev–Trinajstić information content (AvgIpc) is 2.95. The van der Waals surface area contributed by atoms with Crippen LogP contribution in [0.4, 0.5) is 0 Å². The summed E-state index contributed by atoms with van der Waals surface area (Å²) in [7, 11) is 1.61. The van der Waals surface area contributed by atoms with Crippen LogP contribution >= 0.6 is 0 Å². The highest BCUT2D eigenvalue weighted by Gasteiger charge is 2.30. The Hall–Kier alpha value is -2.04. The molecule has 0 spiro atoms. The lowest BCUT2D eigenvalue weighted by atomic mass is 10.1. The predicted octanol–water partition coefficient (Wildman–Crippen LogP) is 1.56. The molecule has 1 N–H and O–H groups in total. The molecule has 20 heavy (non-hydrogen) atoms. The number of hydrogen-bond acceptors (Lipinski definition) is 3. The smallest absolute Gasteiger partial charge is 0.308 e. The van der Waals surface area contributed by atoms with Crippen LogP contribution in [0.5, 0.6) is 5.75 Å². The second kappa shape index (κ2) is 6.41. The number of amides is 1. The molecule has 0 bridgehead atoms. The number of methoxy groups -OCH3 is 1. The Bertz CT molecular complexity index is 500. The maximum atomic E-state index is 12.0. The minimum Gasteiger partial charge on any atom is -0.497 e. The van der Waals surface area contributed by atoms with Crippen molar-refractivity contribution in [2.75, 3.05) is 20.2 Å². The van der Waals surface area contributed by atoms with Crippen molar-refractivity contribution in [3.63, 3.8) is 0 Å². The summed E-state index contributed by atoms with van der Waals surface area (Å²) >= 11 is 0. The normalized spacial score (nSPS) is 18.1. The minimum atomic E-state index is -0.812. The standard InChI is InChI=1S/C15H19NO4/c1-20-13-4-2-3-11(9-13)5-6-14(17)16-8-7-12(10-16)15(18)19/h2-4,9,12H,5-8,10H2,1H3,(H,18,19)/t12-/m1/s1. The summed E-state index contributed by atoms with van der Waals surface area (Å²) in [5.41, 5.74) is 1.05. The third kappa shape index (κ3) is 3.50. The van der Waals surface area contributed by atoms with E-state index in [1.54, 1.807) is 12.0 Å². The van der Waals surface area contributed by atoms with Gasteiger partial charge in [0.15, 0.2) is 0 Å². The summed E-state index contributed by atoms with van der Waals surface area (Å²) in [6, 6.07) is 7.63. The number of aryl methyl sites for hydroxylation is 1. The van der Waals surface area contributed by atoms with Crippen LogP contribution in [-0.4, -0.2) is 42.1 Å². The highest BCUT2D eigenvalue weighted by molar-refractivity contribution is 5.79. The van der Waals surface area contributed by atoms with E-state index in [1.807, 2.05) is 24.3 Å². The van der Waals surface area contributed by atoms with Gasteiger partial charge >= 0.3 is 5.97 Å². The monoisotopic (exact) mass is 277 g/mol. The Balaban J connectivity index is 1.85. The van der Waals surface area contributed by atoms with Crippen LogP contribution in [0.15, 0.2) is 24.3 Å². The number of carboxylic acids is 1. The van der Waals surface area contributed by atoms with Crippen LogP contribution in [0.25, 0.3) is 0 Å². The van der Waals surface area contributed by atoms with Gasteiger partial charge in [-0.05, 0) is 30.5 Å². The summed E-state index contributed by atoms with van der Waals surface area (Å²) in [6.07, 6.45) is 1.60. The number of ether oxygens (including phenoxy) is 1. The molecule has 0 aromatic heterocycles. The largest absolute Gasteiger partial charge is 0.497 e. The molecule has 0 radical (unpaired) electrons. The van der Waals surface area contributed by atoms with E-state index >= 15 is 0 Å². The first-order chi connectivity index (χ1) is 9.60. The lowest BCUT2D eigenvalue weighted by Crippen LogP contribution is -2.30. The minimum absolute atomic E-state index is 0.0246. The molecule has 1 aliphatic rings. The molecule has 1 amide bonds. The van der Waals surface area contributed by atoms with E-state index in [9.17, 15) is 9.59 Å². The summed E-state index contributed by atoms with van der Waals surface area (Å²) in [6.45, 7) is 0.889. The van der Waals surface area contributed by atoms with Gasteiger partial charge in [0.25, 0.3) is 0 Å². The van der Waals surface area contributed by atoms with E-state index < -0.39 is 11.9 Å². The van der Waals surface area contributed by atoms with Gasteiger partial charge in [0.2, 0.25) is 5.91 Å². The van der Waals surface area contributed by atoms with E-state index in [0.717, 1.165) is 11.3 Å². The third-order valence-electron chi connectivity index (χ3n) is 3.65. The highest BCUT2D eigenvalue weighted by Crippen LogP contribution is 2.19. The van der Waals surface area contributed by atoms with Crippen molar-refractivity contribution in [3.8, 4) is 5.75 Å². The predicted molar refractivity (Wildman–Crippen MR) is 73.6 cm³/mol. The number of likely N-dealkylation sites (tertiary alicyclic amines) is 1. The molecule has 2 rings (SSSR count). The van der Waals surface area contributed by atoms with E-state index in [0.29, 0.717) is 32.4 Å². The van der Waals surface area contributed by atoms with Gasteiger partial charge in [-0.2, -0.15) is 0 Å². The van der Waals surface area contributed by atoms with Crippen LogP contribution in [0.2, 0.25) is 0 Å².